The van der Waals surface area contributed by atoms with E-state index in [0.29, 0.717) is 25.9 Å². The van der Waals surface area contributed by atoms with Crippen LogP contribution in [-0.2, 0) is 14.4 Å². The van der Waals surface area contributed by atoms with Crippen molar-refractivity contribution in [1.82, 2.24) is 30.8 Å². The van der Waals surface area contributed by atoms with Gasteiger partial charge in [-0.15, -0.1) is 22.7 Å². The highest BCUT2D eigenvalue weighted by atomic mass is 32.1. The van der Waals surface area contributed by atoms with Crippen LogP contribution in [0.2, 0.25) is 0 Å². The minimum Gasteiger partial charge on any atom is -0.489 e. The van der Waals surface area contributed by atoms with Crippen LogP contribution < -0.4 is 35.2 Å². The van der Waals surface area contributed by atoms with Crippen LogP contribution in [0.3, 0.4) is 0 Å². The molecule has 4 aliphatic rings. The Kier molecular flexibility index (Phi) is 12.8. The first-order valence-electron chi connectivity index (χ1n) is 21.9. The molecule has 4 fully saturated rings. The summed E-state index contributed by atoms with van der Waals surface area (Å²) < 4.78 is 14.8. The summed E-state index contributed by atoms with van der Waals surface area (Å²) in [5, 5.41) is 9.19. The van der Waals surface area contributed by atoms with Crippen LogP contribution in [0.15, 0.2) is 83.8 Å². The number of rotatable bonds is 10. The number of benzene rings is 4. The van der Waals surface area contributed by atoms with E-state index in [1.54, 1.807) is 29.6 Å². The number of carbonyl (C=O) groups excluding carboxylic acids is 3. The van der Waals surface area contributed by atoms with Crippen LogP contribution >= 0.6 is 22.7 Å². The quantitative estimate of drug-likeness (QED) is 0.134. The van der Waals surface area contributed by atoms with Crippen molar-refractivity contribution >= 4 is 72.2 Å². The molecule has 0 saturated carbocycles. The molecule has 13 nitrogen and oxygen atoms in total. The minimum atomic E-state index is -0.0689. The minimum absolute atomic E-state index is 0.0420. The van der Waals surface area contributed by atoms with E-state index in [4.69, 9.17) is 9.47 Å². The molecule has 4 aliphatic heterocycles. The maximum Gasteiger partial charge on any atom is 0.220 e. The molecule has 6 heterocycles. The first-order chi connectivity index (χ1) is 30.6. The summed E-state index contributed by atoms with van der Waals surface area (Å²) in [6.07, 6.45) is 0.926. The molecule has 63 heavy (non-hydrogen) atoms. The summed E-state index contributed by atoms with van der Waals surface area (Å²) in [6, 6.07) is 25.7. The van der Waals surface area contributed by atoms with E-state index >= 15 is 0 Å². The third kappa shape index (κ3) is 9.75. The summed E-state index contributed by atoms with van der Waals surface area (Å²) in [7, 11) is 0. The Labute approximate surface area is 375 Å². The fourth-order valence-electron chi connectivity index (χ4n) is 8.83. The van der Waals surface area contributed by atoms with Gasteiger partial charge in [0.2, 0.25) is 17.7 Å². The van der Waals surface area contributed by atoms with Crippen molar-refractivity contribution in [2.24, 2.45) is 11.8 Å². The second-order valence-corrected chi connectivity index (χ2v) is 18.6. The van der Waals surface area contributed by atoms with Crippen molar-refractivity contribution in [3.05, 3.63) is 83.8 Å². The van der Waals surface area contributed by atoms with Gasteiger partial charge >= 0.3 is 0 Å². The molecular formula is C48H54N8O5S2. The van der Waals surface area contributed by atoms with Crippen LogP contribution in [-0.4, -0.2) is 110 Å². The van der Waals surface area contributed by atoms with Gasteiger partial charge in [-0.3, -0.25) is 14.4 Å². The number of anilines is 2. The summed E-state index contributed by atoms with van der Waals surface area (Å²) in [5.74, 6) is 2.39. The van der Waals surface area contributed by atoms with Crippen molar-refractivity contribution in [2.45, 2.75) is 45.8 Å². The average Bonchev–Trinajstić information content (AvgIpc) is 4.16. The molecule has 0 radical (unpaired) electrons. The molecule has 4 atom stereocenters. The number of hydrogen-bond donors (Lipinski definition) is 3. The molecular weight excluding hydrogens is 833 g/mol. The highest BCUT2D eigenvalue weighted by Gasteiger charge is 2.30. The summed E-state index contributed by atoms with van der Waals surface area (Å²) in [6.45, 7) is 14.4. The van der Waals surface area contributed by atoms with E-state index in [1.807, 2.05) is 29.8 Å². The number of nitrogens with zero attached hydrogens (tertiary/aromatic N) is 5. The lowest BCUT2D eigenvalue weighted by atomic mass is 10.0. The number of hydrogen-bond acceptors (Lipinski definition) is 12. The third-order valence-corrected chi connectivity index (χ3v) is 14.5. The van der Waals surface area contributed by atoms with Crippen LogP contribution in [0.1, 0.15) is 33.6 Å². The van der Waals surface area contributed by atoms with Gasteiger partial charge in [0.15, 0.2) is 0 Å². The third-order valence-electron chi connectivity index (χ3n) is 12.7. The van der Waals surface area contributed by atoms with Crippen molar-refractivity contribution in [3.63, 3.8) is 0 Å². The second-order valence-electron chi connectivity index (χ2n) is 16.9. The summed E-state index contributed by atoms with van der Waals surface area (Å²) >= 11 is 3.17. The Morgan fingerprint density at radius 1 is 0.635 bits per heavy atom. The van der Waals surface area contributed by atoms with Gasteiger partial charge in [-0.1, -0.05) is 24.3 Å². The SMILES string of the molecule is CC(=O)N1CCN(c2ccc(-c3cc(O[C@H](C)[C@H]4CNC(=O)C4)c4scnc4c3)cc2)CC1.C[C@@H](Oc1cc(-c2ccc(N3CCNCC3)cc2)cc2ncsc12)[C@H]1CNC(=O)C1. The Bertz CT molecular complexity index is 2570. The number of thiazole rings is 2. The van der Waals surface area contributed by atoms with Gasteiger partial charge in [0.1, 0.15) is 23.7 Å². The van der Waals surface area contributed by atoms with Gasteiger partial charge in [0.05, 0.1) is 31.5 Å². The summed E-state index contributed by atoms with van der Waals surface area (Å²) in [4.78, 5) is 50.5. The van der Waals surface area contributed by atoms with Gasteiger partial charge in [-0.25, -0.2) is 9.97 Å². The monoisotopic (exact) mass is 886 g/mol. The number of fused-ring (bicyclic) bond motifs is 2. The first kappa shape index (κ1) is 42.5. The fourth-order valence-corrected chi connectivity index (χ4v) is 10.3. The fraction of sp³-hybridized carbons (Fsp3) is 0.396. The largest absolute Gasteiger partial charge is 0.489 e. The number of amides is 3. The zero-order valence-electron chi connectivity index (χ0n) is 36.0. The highest BCUT2D eigenvalue weighted by molar-refractivity contribution is 7.17. The number of nitrogens with one attached hydrogen (secondary N) is 3. The lowest BCUT2D eigenvalue weighted by Gasteiger charge is -2.35. The predicted molar refractivity (Wildman–Crippen MR) is 252 cm³/mol. The van der Waals surface area contributed by atoms with Crippen molar-refractivity contribution in [2.75, 3.05) is 75.2 Å². The molecule has 0 spiro atoms. The van der Waals surface area contributed by atoms with E-state index in [1.165, 1.54) is 11.4 Å². The normalized spacial score (nSPS) is 20.0. The molecule has 0 aliphatic carbocycles. The van der Waals surface area contributed by atoms with E-state index in [9.17, 15) is 14.4 Å². The van der Waals surface area contributed by atoms with Gasteiger partial charge in [-0.2, -0.15) is 0 Å². The van der Waals surface area contributed by atoms with E-state index in [0.717, 1.165) is 107 Å². The van der Waals surface area contributed by atoms with E-state index in [2.05, 4.69) is 109 Å². The lowest BCUT2D eigenvalue weighted by Crippen LogP contribution is -2.48. The molecule has 15 heteroatoms. The predicted octanol–water partition coefficient (Wildman–Crippen LogP) is 6.81. The maximum atomic E-state index is 11.6. The van der Waals surface area contributed by atoms with Gasteiger partial charge in [0, 0.05) is 108 Å². The number of piperazine rings is 2. The Morgan fingerprint density at radius 3 is 1.49 bits per heavy atom. The van der Waals surface area contributed by atoms with Crippen molar-refractivity contribution < 1.29 is 23.9 Å². The van der Waals surface area contributed by atoms with Gasteiger partial charge in [-0.05, 0) is 84.6 Å². The smallest absolute Gasteiger partial charge is 0.220 e. The second kappa shape index (κ2) is 18.9. The van der Waals surface area contributed by atoms with Crippen molar-refractivity contribution in [1.29, 1.82) is 0 Å². The zero-order chi connectivity index (χ0) is 43.5. The van der Waals surface area contributed by atoms with Crippen LogP contribution in [0.5, 0.6) is 11.5 Å². The Morgan fingerprint density at radius 2 is 1.08 bits per heavy atom. The standard InChI is InChI=1S/C25H28N4O3S.C23H26N4O2S/c1-16(20-13-24(31)26-14-20)32-23-12-19(11-22-25(23)33-15-27-22)18-3-5-21(6-4-18)29-9-7-28(8-10-29)17(2)30;1-15(18-12-22(28)25-13-18)29-21-11-17(10-20-23(21)30-14-26-20)16-2-4-19(5-3-16)27-8-6-24-7-9-27/h3-6,11-12,15-16,20H,7-10,13-14H2,1-2H3,(H,26,31);2-5,10-11,14-15,18,24H,6-9,12-13H2,1H3,(H,25,28)/t16-,20-;15-,18-/m11/s1. The molecule has 328 valence electrons. The Hall–Kier alpha value is -5.77. The molecule has 0 bridgehead atoms. The number of carbonyl (C=O) groups is 3. The van der Waals surface area contributed by atoms with Crippen LogP contribution in [0.25, 0.3) is 42.7 Å². The van der Waals surface area contributed by atoms with Gasteiger partial charge in [0.25, 0.3) is 0 Å². The van der Waals surface area contributed by atoms with E-state index < -0.39 is 0 Å². The van der Waals surface area contributed by atoms with E-state index in [-0.39, 0.29) is 41.8 Å². The molecule has 2 aromatic heterocycles. The molecule has 3 amide bonds. The molecule has 10 rings (SSSR count). The zero-order valence-corrected chi connectivity index (χ0v) is 37.6. The summed E-state index contributed by atoms with van der Waals surface area (Å²) in [5.41, 5.74) is 12.4. The number of ether oxygens (including phenoxy) is 2. The topological polar surface area (TPSA) is 141 Å². The molecule has 3 N–H and O–H groups in total. The van der Waals surface area contributed by atoms with Crippen LogP contribution in [0, 0.1) is 11.8 Å². The van der Waals surface area contributed by atoms with Crippen LogP contribution in [0.4, 0.5) is 11.4 Å². The maximum absolute atomic E-state index is 11.6. The first-order valence-corrected chi connectivity index (χ1v) is 23.7. The lowest BCUT2D eigenvalue weighted by molar-refractivity contribution is -0.129. The molecule has 4 aromatic carbocycles. The molecule has 0 unspecified atom stereocenters. The number of aromatic nitrogens is 2. The Balaban J connectivity index is 0.000000161. The van der Waals surface area contributed by atoms with Gasteiger partial charge < -0.3 is 40.1 Å². The highest BCUT2D eigenvalue weighted by Crippen LogP contribution is 2.38. The van der Waals surface area contributed by atoms with Crippen molar-refractivity contribution in [3.8, 4) is 33.8 Å². The average molecular weight is 887 g/mol. The molecule has 6 aromatic rings. The molecule has 4 saturated heterocycles.